The first-order valence-electron chi connectivity index (χ1n) is 5.82. The SMILES string of the molecule is O=C(O)CN(CC(F)(F)F)C(=O)c1coc2ccccc12. The summed E-state index contributed by atoms with van der Waals surface area (Å²) in [6, 6.07) is 6.31. The van der Waals surface area contributed by atoms with Gasteiger partial charge in [0.05, 0.1) is 5.56 Å². The van der Waals surface area contributed by atoms with Crippen LogP contribution in [0.4, 0.5) is 13.2 Å². The minimum absolute atomic E-state index is 0.101. The Hall–Kier alpha value is -2.51. The van der Waals surface area contributed by atoms with Crippen LogP contribution in [0.2, 0.25) is 0 Å². The van der Waals surface area contributed by atoms with Gasteiger partial charge in [0, 0.05) is 5.39 Å². The van der Waals surface area contributed by atoms with E-state index in [2.05, 4.69) is 0 Å². The Balaban J connectivity index is 2.35. The topological polar surface area (TPSA) is 70.8 Å². The van der Waals surface area contributed by atoms with Crippen molar-refractivity contribution in [3.63, 3.8) is 0 Å². The van der Waals surface area contributed by atoms with E-state index in [0.29, 0.717) is 11.0 Å². The fourth-order valence-electron chi connectivity index (χ4n) is 1.89. The number of carboxylic acid groups (broad SMARTS) is 1. The second-order valence-corrected chi connectivity index (χ2v) is 4.32. The summed E-state index contributed by atoms with van der Waals surface area (Å²) in [5.74, 6) is -2.57. The smallest absolute Gasteiger partial charge is 0.406 e. The molecule has 0 spiro atoms. The van der Waals surface area contributed by atoms with Crippen molar-refractivity contribution in [1.82, 2.24) is 4.90 Å². The minimum Gasteiger partial charge on any atom is -0.480 e. The number of furan rings is 1. The monoisotopic (exact) mass is 301 g/mol. The zero-order chi connectivity index (χ0) is 15.6. The molecular weight excluding hydrogens is 291 g/mol. The number of halogens is 3. The van der Waals surface area contributed by atoms with Crippen LogP contribution >= 0.6 is 0 Å². The molecule has 0 aliphatic heterocycles. The van der Waals surface area contributed by atoms with Gasteiger partial charge in [0.1, 0.15) is 24.9 Å². The molecular formula is C13H10F3NO4. The van der Waals surface area contributed by atoms with Crippen molar-refractivity contribution in [2.24, 2.45) is 0 Å². The van der Waals surface area contributed by atoms with Gasteiger partial charge < -0.3 is 14.4 Å². The first-order valence-corrected chi connectivity index (χ1v) is 5.82. The van der Waals surface area contributed by atoms with E-state index < -0.39 is 31.1 Å². The number of carbonyl (C=O) groups is 2. The number of para-hydroxylation sites is 1. The van der Waals surface area contributed by atoms with Crippen LogP contribution < -0.4 is 0 Å². The number of nitrogens with zero attached hydrogens (tertiary/aromatic N) is 1. The highest BCUT2D eigenvalue weighted by Crippen LogP contribution is 2.24. The molecule has 1 aromatic heterocycles. The highest BCUT2D eigenvalue weighted by Gasteiger charge is 2.35. The van der Waals surface area contributed by atoms with E-state index >= 15 is 0 Å². The molecule has 0 bridgehead atoms. The molecule has 0 fully saturated rings. The summed E-state index contributed by atoms with van der Waals surface area (Å²) in [7, 11) is 0. The van der Waals surface area contributed by atoms with Crippen LogP contribution in [0, 0.1) is 0 Å². The van der Waals surface area contributed by atoms with Crippen molar-refractivity contribution in [2.45, 2.75) is 6.18 Å². The summed E-state index contributed by atoms with van der Waals surface area (Å²) in [6.45, 7) is -2.69. The molecule has 112 valence electrons. The molecule has 0 unspecified atom stereocenters. The Labute approximate surface area is 116 Å². The third-order valence-electron chi connectivity index (χ3n) is 2.69. The van der Waals surface area contributed by atoms with Crippen LogP contribution in [0.1, 0.15) is 10.4 Å². The lowest BCUT2D eigenvalue weighted by atomic mass is 10.1. The average molecular weight is 301 g/mol. The lowest BCUT2D eigenvalue weighted by Gasteiger charge is -2.21. The largest absolute Gasteiger partial charge is 0.480 e. The third-order valence-corrected chi connectivity index (χ3v) is 2.69. The average Bonchev–Trinajstić information content (AvgIpc) is 2.78. The molecule has 1 amide bonds. The van der Waals surface area contributed by atoms with Gasteiger partial charge in [-0.05, 0) is 6.07 Å². The molecule has 1 heterocycles. The van der Waals surface area contributed by atoms with E-state index in [0.717, 1.165) is 6.26 Å². The number of carboxylic acids is 1. The molecule has 0 aliphatic rings. The van der Waals surface area contributed by atoms with E-state index in [1.165, 1.54) is 6.07 Å². The van der Waals surface area contributed by atoms with Gasteiger partial charge >= 0.3 is 12.1 Å². The van der Waals surface area contributed by atoms with E-state index in [-0.39, 0.29) is 10.5 Å². The number of hydrogen-bond acceptors (Lipinski definition) is 3. The van der Waals surface area contributed by atoms with Crippen molar-refractivity contribution in [3.05, 3.63) is 36.1 Å². The van der Waals surface area contributed by atoms with E-state index in [1.807, 2.05) is 0 Å². The van der Waals surface area contributed by atoms with Gasteiger partial charge in [-0.3, -0.25) is 9.59 Å². The predicted octanol–water partition coefficient (Wildman–Crippen LogP) is 2.52. The van der Waals surface area contributed by atoms with Gasteiger partial charge in [0.15, 0.2) is 0 Å². The Bertz CT molecular complexity index is 677. The molecule has 21 heavy (non-hydrogen) atoms. The molecule has 0 aliphatic carbocycles. The maximum Gasteiger partial charge on any atom is 0.406 e. The van der Waals surface area contributed by atoms with Crippen LogP contribution in [0.15, 0.2) is 34.9 Å². The Morgan fingerprint density at radius 3 is 2.52 bits per heavy atom. The minimum atomic E-state index is -4.69. The Morgan fingerprint density at radius 2 is 1.90 bits per heavy atom. The number of amides is 1. The summed E-state index contributed by atoms with van der Waals surface area (Å²) >= 11 is 0. The summed E-state index contributed by atoms with van der Waals surface area (Å²) in [6.07, 6.45) is -3.66. The molecule has 1 aromatic carbocycles. The summed E-state index contributed by atoms with van der Waals surface area (Å²) in [5.41, 5.74) is 0.235. The van der Waals surface area contributed by atoms with Crippen LogP contribution in [0.3, 0.4) is 0 Å². The second kappa shape index (κ2) is 5.47. The highest BCUT2D eigenvalue weighted by atomic mass is 19.4. The molecule has 0 saturated heterocycles. The molecule has 5 nitrogen and oxygen atoms in total. The number of fused-ring (bicyclic) bond motifs is 1. The Morgan fingerprint density at radius 1 is 1.24 bits per heavy atom. The summed E-state index contributed by atoms with van der Waals surface area (Å²) < 4.78 is 42.5. The second-order valence-electron chi connectivity index (χ2n) is 4.32. The molecule has 2 aromatic rings. The lowest BCUT2D eigenvalue weighted by molar-refractivity contribution is -0.149. The maximum absolute atomic E-state index is 12.5. The molecule has 2 rings (SSSR count). The zero-order valence-corrected chi connectivity index (χ0v) is 10.6. The molecule has 0 saturated carbocycles. The zero-order valence-electron chi connectivity index (χ0n) is 10.6. The van der Waals surface area contributed by atoms with Crippen molar-refractivity contribution in [1.29, 1.82) is 0 Å². The van der Waals surface area contributed by atoms with Gasteiger partial charge in [-0.2, -0.15) is 13.2 Å². The number of hydrogen-bond donors (Lipinski definition) is 1. The number of benzene rings is 1. The Kier molecular flexibility index (Phi) is 3.88. The van der Waals surface area contributed by atoms with Gasteiger partial charge in [-0.1, -0.05) is 18.2 Å². The molecule has 1 N–H and O–H groups in total. The summed E-state index contributed by atoms with van der Waals surface area (Å²) in [4.78, 5) is 23.0. The van der Waals surface area contributed by atoms with Gasteiger partial charge in [0.2, 0.25) is 0 Å². The van der Waals surface area contributed by atoms with Crippen LogP contribution in [-0.4, -0.2) is 41.1 Å². The number of rotatable bonds is 4. The predicted molar refractivity (Wildman–Crippen MR) is 65.8 cm³/mol. The van der Waals surface area contributed by atoms with Crippen molar-refractivity contribution in [2.75, 3.05) is 13.1 Å². The first-order chi connectivity index (χ1) is 9.78. The molecule has 0 radical (unpaired) electrons. The normalized spacial score (nSPS) is 11.6. The van der Waals surface area contributed by atoms with Crippen LogP contribution in [-0.2, 0) is 4.79 Å². The third kappa shape index (κ3) is 3.53. The van der Waals surface area contributed by atoms with Crippen molar-refractivity contribution in [3.8, 4) is 0 Å². The standard InChI is InChI=1S/C13H10F3NO4/c14-13(15,16)7-17(5-11(18)19)12(20)9-6-21-10-4-2-1-3-8(9)10/h1-4,6H,5,7H2,(H,18,19). The van der Waals surface area contributed by atoms with E-state index in [1.54, 1.807) is 18.2 Å². The van der Waals surface area contributed by atoms with Gasteiger partial charge in [-0.15, -0.1) is 0 Å². The maximum atomic E-state index is 12.5. The van der Waals surface area contributed by atoms with Crippen molar-refractivity contribution >= 4 is 22.8 Å². The van der Waals surface area contributed by atoms with Crippen LogP contribution in [0.25, 0.3) is 11.0 Å². The quantitative estimate of drug-likeness (QED) is 0.942. The summed E-state index contributed by atoms with van der Waals surface area (Å²) in [5, 5.41) is 8.99. The fraction of sp³-hybridized carbons (Fsp3) is 0.231. The highest BCUT2D eigenvalue weighted by molar-refractivity contribution is 6.06. The number of aliphatic carboxylic acids is 1. The molecule has 0 atom stereocenters. The van der Waals surface area contributed by atoms with Gasteiger partial charge in [-0.25, -0.2) is 0 Å². The number of alkyl halides is 3. The van der Waals surface area contributed by atoms with Crippen LogP contribution in [0.5, 0.6) is 0 Å². The van der Waals surface area contributed by atoms with Crippen molar-refractivity contribution < 1.29 is 32.3 Å². The molecule has 8 heteroatoms. The first kappa shape index (κ1) is 14.9. The number of carbonyl (C=O) groups excluding carboxylic acids is 1. The van der Waals surface area contributed by atoms with E-state index in [9.17, 15) is 22.8 Å². The fourth-order valence-corrected chi connectivity index (χ4v) is 1.89. The lowest BCUT2D eigenvalue weighted by Crippen LogP contribution is -2.42. The van der Waals surface area contributed by atoms with Gasteiger partial charge in [0.25, 0.3) is 5.91 Å². The van der Waals surface area contributed by atoms with E-state index in [4.69, 9.17) is 9.52 Å².